The van der Waals surface area contributed by atoms with Gasteiger partial charge in [-0.1, -0.05) is 15.9 Å². The maximum atomic E-state index is 13.2. The summed E-state index contributed by atoms with van der Waals surface area (Å²) in [5.41, 5.74) is 0.763. The molecule has 0 saturated heterocycles. The van der Waals surface area contributed by atoms with Crippen molar-refractivity contribution in [2.45, 2.75) is 6.61 Å². The van der Waals surface area contributed by atoms with E-state index in [1.165, 1.54) is 24.3 Å². The zero-order chi connectivity index (χ0) is 14.7. The normalized spacial score (nSPS) is 10.3. The van der Waals surface area contributed by atoms with E-state index >= 15 is 0 Å². The summed E-state index contributed by atoms with van der Waals surface area (Å²) in [5, 5.41) is 8.94. The van der Waals surface area contributed by atoms with Gasteiger partial charge in [-0.2, -0.15) is 0 Å². The van der Waals surface area contributed by atoms with Crippen molar-refractivity contribution < 1.29 is 19.0 Å². The first kappa shape index (κ1) is 15.0. The lowest BCUT2D eigenvalue weighted by molar-refractivity contribution is 0.0696. The van der Waals surface area contributed by atoms with Crippen molar-refractivity contribution >= 4 is 37.8 Å². The van der Waals surface area contributed by atoms with Gasteiger partial charge in [-0.05, 0) is 52.3 Å². The molecule has 0 heterocycles. The summed E-state index contributed by atoms with van der Waals surface area (Å²) in [6.07, 6.45) is 0. The lowest BCUT2D eigenvalue weighted by Crippen LogP contribution is -2.01. The van der Waals surface area contributed by atoms with Crippen molar-refractivity contribution in [3.8, 4) is 5.75 Å². The summed E-state index contributed by atoms with van der Waals surface area (Å²) in [6, 6.07) is 8.78. The minimum absolute atomic E-state index is 0.125. The molecule has 0 aliphatic carbocycles. The molecule has 0 spiro atoms. The molecule has 3 nitrogen and oxygen atoms in total. The van der Waals surface area contributed by atoms with Crippen LogP contribution in [0.1, 0.15) is 15.9 Å². The van der Waals surface area contributed by atoms with Crippen LogP contribution in [0.3, 0.4) is 0 Å². The average molecular weight is 404 g/mol. The zero-order valence-corrected chi connectivity index (χ0v) is 13.2. The van der Waals surface area contributed by atoms with Crippen molar-refractivity contribution in [1.82, 2.24) is 0 Å². The first-order valence-electron chi connectivity index (χ1n) is 5.57. The van der Waals surface area contributed by atoms with Gasteiger partial charge in [-0.15, -0.1) is 0 Å². The van der Waals surface area contributed by atoms with Crippen LogP contribution < -0.4 is 4.74 Å². The predicted molar refractivity (Wildman–Crippen MR) is 79.5 cm³/mol. The van der Waals surface area contributed by atoms with Gasteiger partial charge in [0.05, 0.1) is 10.0 Å². The third-order valence-corrected chi connectivity index (χ3v) is 4.00. The average Bonchev–Trinajstić information content (AvgIpc) is 2.41. The van der Waals surface area contributed by atoms with Crippen LogP contribution in [0.25, 0.3) is 0 Å². The zero-order valence-electron chi connectivity index (χ0n) is 10.1. The van der Waals surface area contributed by atoms with E-state index < -0.39 is 5.97 Å². The van der Waals surface area contributed by atoms with E-state index in [0.717, 1.165) is 4.47 Å². The maximum absolute atomic E-state index is 13.2. The molecule has 0 fully saturated rings. The van der Waals surface area contributed by atoms with Crippen molar-refractivity contribution in [3.05, 3.63) is 62.3 Å². The Hall–Kier alpha value is -1.40. The Morgan fingerprint density at radius 1 is 1.15 bits per heavy atom. The molecule has 104 valence electrons. The van der Waals surface area contributed by atoms with E-state index in [-0.39, 0.29) is 18.0 Å². The number of carboxylic acids is 1. The van der Waals surface area contributed by atoms with E-state index in [9.17, 15) is 9.18 Å². The molecular weight excluding hydrogens is 395 g/mol. The van der Waals surface area contributed by atoms with E-state index in [2.05, 4.69) is 31.9 Å². The molecule has 0 unspecified atom stereocenters. The highest BCUT2D eigenvalue weighted by molar-refractivity contribution is 9.10. The Balaban J connectivity index is 2.20. The van der Waals surface area contributed by atoms with Gasteiger partial charge < -0.3 is 9.84 Å². The Labute approximate surface area is 131 Å². The molecule has 2 aromatic rings. The smallest absolute Gasteiger partial charge is 0.335 e. The molecule has 0 atom stereocenters. The summed E-state index contributed by atoms with van der Waals surface area (Å²) in [5.74, 6) is -1.000. The Morgan fingerprint density at radius 2 is 1.85 bits per heavy atom. The molecule has 6 heteroatoms. The van der Waals surface area contributed by atoms with E-state index in [1.54, 1.807) is 12.1 Å². The topological polar surface area (TPSA) is 46.5 Å². The number of rotatable bonds is 4. The van der Waals surface area contributed by atoms with Gasteiger partial charge in [-0.3, -0.25) is 0 Å². The number of aromatic carboxylic acids is 1. The number of carbonyl (C=O) groups is 1. The van der Waals surface area contributed by atoms with Crippen LogP contribution in [0.15, 0.2) is 45.3 Å². The molecule has 20 heavy (non-hydrogen) atoms. The molecule has 0 aromatic heterocycles. The molecule has 1 N–H and O–H groups in total. The Morgan fingerprint density at radius 3 is 2.55 bits per heavy atom. The molecule has 2 aromatic carbocycles. The SMILES string of the molecule is O=C(O)c1ccc(Br)c(OCc2cc(F)ccc2Br)c1. The summed E-state index contributed by atoms with van der Waals surface area (Å²) < 4.78 is 20.1. The highest BCUT2D eigenvalue weighted by Crippen LogP contribution is 2.28. The highest BCUT2D eigenvalue weighted by Gasteiger charge is 2.09. The third-order valence-electron chi connectivity index (χ3n) is 2.57. The first-order valence-corrected chi connectivity index (χ1v) is 7.15. The fourth-order valence-corrected chi connectivity index (χ4v) is 2.28. The van der Waals surface area contributed by atoms with Crippen LogP contribution in [0.4, 0.5) is 4.39 Å². The van der Waals surface area contributed by atoms with Crippen LogP contribution in [0, 0.1) is 5.82 Å². The molecule has 0 aliphatic rings. The Bertz CT molecular complexity index is 659. The monoisotopic (exact) mass is 402 g/mol. The minimum Gasteiger partial charge on any atom is -0.488 e. The minimum atomic E-state index is -1.03. The van der Waals surface area contributed by atoms with Crippen molar-refractivity contribution in [3.63, 3.8) is 0 Å². The number of carboxylic acid groups (broad SMARTS) is 1. The number of hydrogen-bond acceptors (Lipinski definition) is 2. The number of benzene rings is 2. The van der Waals surface area contributed by atoms with Gasteiger partial charge in [0.1, 0.15) is 18.2 Å². The summed E-state index contributed by atoms with van der Waals surface area (Å²) >= 11 is 6.59. The van der Waals surface area contributed by atoms with E-state index in [0.29, 0.717) is 15.8 Å². The molecule has 0 radical (unpaired) electrons. The van der Waals surface area contributed by atoms with Gasteiger partial charge in [-0.25, -0.2) is 9.18 Å². The van der Waals surface area contributed by atoms with Gasteiger partial charge in [0, 0.05) is 10.0 Å². The van der Waals surface area contributed by atoms with E-state index in [1.807, 2.05) is 0 Å². The molecule has 0 amide bonds. The molecule has 2 rings (SSSR count). The van der Waals surface area contributed by atoms with Crippen molar-refractivity contribution in [2.75, 3.05) is 0 Å². The molecular formula is C14H9Br2FO3. The van der Waals surface area contributed by atoms with Crippen LogP contribution in [0.5, 0.6) is 5.75 Å². The number of ether oxygens (including phenoxy) is 1. The summed E-state index contributed by atoms with van der Waals surface area (Å²) in [4.78, 5) is 10.9. The fraction of sp³-hybridized carbons (Fsp3) is 0.0714. The first-order chi connectivity index (χ1) is 9.47. The summed E-state index contributed by atoms with van der Waals surface area (Å²) in [7, 11) is 0. The largest absolute Gasteiger partial charge is 0.488 e. The van der Waals surface area contributed by atoms with Gasteiger partial charge >= 0.3 is 5.97 Å². The second kappa shape index (κ2) is 6.37. The quantitative estimate of drug-likeness (QED) is 0.809. The van der Waals surface area contributed by atoms with Gasteiger partial charge in [0.2, 0.25) is 0 Å². The highest BCUT2D eigenvalue weighted by atomic mass is 79.9. The maximum Gasteiger partial charge on any atom is 0.335 e. The van der Waals surface area contributed by atoms with Crippen LogP contribution in [0.2, 0.25) is 0 Å². The molecule has 0 saturated carbocycles. The van der Waals surface area contributed by atoms with Crippen LogP contribution >= 0.6 is 31.9 Å². The predicted octanol–water partition coefficient (Wildman–Crippen LogP) is 4.63. The summed E-state index contributed by atoms with van der Waals surface area (Å²) in [6.45, 7) is 0.125. The molecule has 0 bridgehead atoms. The number of halogens is 3. The van der Waals surface area contributed by atoms with E-state index in [4.69, 9.17) is 9.84 Å². The third kappa shape index (κ3) is 3.58. The van der Waals surface area contributed by atoms with Crippen LogP contribution in [-0.2, 0) is 6.61 Å². The Kier molecular flexibility index (Phi) is 4.77. The van der Waals surface area contributed by atoms with Gasteiger partial charge in [0.25, 0.3) is 0 Å². The lowest BCUT2D eigenvalue weighted by Gasteiger charge is -2.10. The van der Waals surface area contributed by atoms with Crippen LogP contribution in [-0.4, -0.2) is 11.1 Å². The lowest BCUT2D eigenvalue weighted by atomic mass is 10.2. The van der Waals surface area contributed by atoms with Crippen molar-refractivity contribution in [1.29, 1.82) is 0 Å². The second-order valence-electron chi connectivity index (χ2n) is 3.97. The fourth-order valence-electron chi connectivity index (χ4n) is 1.56. The second-order valence-corrected chi connectivity index (χ2v) is 5.68. The van der Waals surface area contributed by atoms with Crippen molar-refractivity contribution in [2.24, 2.45) is 0 Å². The molecule has 0 aliphatic heterocycles. The standard InChI is InChI=1S/C14H9Br2FO3/c15-11-4-2-10(17)5-9(11)7-20-13-6-8(14(18)19)1-3-12(13)16/h1-6H,7H2,(H,18,19). The number of hydrogen-bond donors (Lipinski definition) is 1. The van der Waals surface area contributed by atoms with Gasteiger partial charge in [0.15, 0.2) is 0 Å².